The molecule has 6 rings (SSSR count). The summed E-state index contributed by atoms with van der Waals surface area (Å²) in [5.74, 6) is -6.32. The lowest BCUT2D eigenvalue weighted by Gasteiger charge is -2.48. The molecule has 432 valence electrons. The summed E-state index contributed by atoms with van der Waals surface area (Å²) in [7, 11) is 2.88. The highest BCUT2D eigenvalue weighted by molar-refractivity contribution is 5.99. The minimum Gasteiger partial charge on any atom is -0.502 e. The van der Waals surface area contributed by atoms with Crippen LogP contribution in [0.3, 0.4) is 0 Å². The minimum absolute atomic E-state index is 0.00236. The van der Waals surface area contributed by atoms with Gasteiger partial charge in [0, 0.05) is 62.6 Å². The number of allylic oxidation sites excluding steroid dienone is 1. The number of fused-ring (bicyclic) bond motifs is 3. The average Bonchev–Trinajstić information content (AvgIpc) is 4.32. The molecule has 2 bridgehead atoms. The predicted octanol–water partition coefficient (Wildman–Crippen LogP) is 5.24. The van der Waals surface area contributed by atoms with E-state index in [9.17, 15) is 29.6 Å². The van der Waals surface area contributed by atoms with E-state index in [-0.39, 0.29) is 68.6 Å². The zero-order valence-corrected chi connectivity index (χ0v) is 47.9. The summed E-state index contributed by atoms with van der Waals surface area (Å²) in [5, 5.41) is 34.5. The van der Waals surface area contributed by atoms with Crippen molar-refractivity contribution in [1.82, 2.24) is 40.5 Å². The molecule has 0 saturated carbocycles. The molecule has 0 spiro atoms. The van der Waals surface area contributed by atoms with Gasteiger partial charge in [0.25, 0.3) is 0 Å². The van der Waals surface area contributed by atoms with E-state index in [1.54, 1.807) is 19.1 Å². The number of para-hydroxylation sites is 1. The number of amides is 7. The van der Waals surface area contributed by atoms with Gasteiger partial charge in [0.15, 0.2) is 5.75 Å². The van der Waals surface area contributed by atoms with Gasteiger partial charge in [0.1, 0.15) is 54.6 Å². The Morgan fingerprint density at radius 1 is 0.823 bits per heavy atom. The second-order valence-electron chi connectivity index (χ2n) is 23.0. The molecule has 2 aromatic carbocycles. The number of nitro groups is 1. The van der Waals surface area contributed by atoms with Crippen LogP contribution in [0.4, 0.5) is 5.69 Å². The van der Waals surface area contributed by atoms with Gasteiger partial charge in [-0.1, -0.05) is 84.4 Å². The zero-order chi connectivity index (χ0) is 58.2. The SMILES string of the molecule is C/C=C/C[C@@H]1NC(=O)[C@H](CC(C)C)N2C(=O)[C@H](C[C@@H](C)[C@H]2OCCCC)N(C)C(=O)[C@H](C)NC(=O)[C@H](Cc2ccc(O)c([N+](=O)[O-])c2)NC(=O)[C@H](CC(C)C)N(C)C(=O)[C@H](Cc2cn(C(C)(C)[C@H]3CO3)c3ccccc23)NC1=O. The van der Waals surface area contributed by atoms with Gasteiger partial charge in [-0.05, 0) is 94.9 Å². The first-order valence-electron chi connectivity index (χ1n) is 27.8. The van der Waals surface area contributed by atoms with Crippen LogP contribution in [0.5, 0.6) is 5.75 Å². The third kappa shape index (κ3) is 14.5. The van der Waals surface area contributed by atoms with Crippen molar-refractivity contribution in [2.24, 2.45) is 17.8 Å². The molecule has 7 amide bonds. The van der Waals surface area contributed by atoms with Gasteiger partial charge in [0.2, 0.25) is 41.4 Å². The van der Waals surface area contributed by atoms with Gasteiger partial charge < -0.3 is 55.1 Å². The lowest BCUT2D eigenvalue weighted by atomic mass is 9.88. The molecule has 5 N–H and O–H groups in total. The number of aromatic nitrogens is 1. The molecule has 21 heteroatoms. The second kappa shape index (κ2) is 26.4. The second-order valence-corrected chi connectivity index (χ2v) is 23.0. The van der Waals surface area contributed by atoms with Crippen LogP contribution in [-0.2, 0) is 61.4 Å². The van der Waals surface area contributed by atoms with Crippen molar-refractivity contribution in [3.05, 3.63) is 82.1 Å². The van der Waals surface area contributed by atoms with E-state index in [0.717, 1.165) is 29.5 Å². The van der Waals surface area contributed by atoms with Crippen molar-refractivity contribution in [1.29, 1.82) is 0 Å². The molecule has 3 aromatic rings. The summed E-state index contributed by atoms with van der Waals surface area (Å²) in [6.07, 6.45) is 5.83. The van der Waals surface area contributed by atoms with Crippen LogP contribution in [0.2, 0.25) is 0 Å². The molecule has 0 unspecified atom stereocenters. The molecule has 21 nitrogen and oxygen atoms in total. The molecular formula is C58H83N9O12. The Kier molecular flexibility index (Phi) is 20.5. The standard InChI is InChI=1S/C58H83N9O12/c1-13-15-20-40-50(69)62-42(30-38-31-65(58(9,10)49-32-79-49)43-21-18-17-19-39(38)43)55(74)63(11)45(25-33(3)4)52(71)61-41(28-37-22-23-48(68)44(29-37)67(76)77)51(70)59-36(8)54(73)64(12)47-27-35(7)57(78-24-16-14-2)66(56(47)75)46(26-34(5)6)53(72)60-40/h13,15,17-19,21-23,29,31,33-36,40-42,45-47,49,57,68H,14,16,20,24-28,30,32H2,1-12H3,(H,59,70)(H,60,72)(H,61,71)(H,62,69)/b15-13+/t35-,36+,40+,41+,42+,45+,46+,47+,49-,57-/m1/s1. The number of aromatic hydroxyl groups is 1. The van der Waals surface area contributed by atoms with Crippen molar-refractivity contribution < 1.29 is 53.1 Å². The smallest absolute Gasteiger partial charge is 0.310 e. The number of epoxide rings is 1. The Bertz CT molecular complexity index is 2750. The monoisotopic (exact) mass is 1100 g/mol. The van der Waals surface area contributed by atoms with Gasteiger partial charge in [-0.3, -0.25) is 43.7 Å². The Morgan fingerprint density at radius 3 is 2.08 bits per heavy atom. The normalized spacial score (nSPS) is 26.4. The number of benzene rings is 2. The van der Waals surface area contributed by atoms with Gasteiger partial charge in [-0.15, -0.1) is 0 Å². The number of nitrogens with one attached hydrogen (secondary N) is 4. The Labute approximate surface area is 463 Å². The number of likely N-dealkylation sites (N-methyl/N-ethyl adjacent to an activating group) is 2. The third-order valence-electron chi connectivity index (χ3n) is 15.5. The largest absolute Gasteiger partial charge is 0.502 e. The number of phenolic OH excluding ortho intramolecular Hbond substituents is 1. The van der Waals surface area contributed by atoms with E-state index in [4.69, 9.17) is 9.47 Å². The fourth-order valence-corrected chi connectivity index (χ4v) is 10.8. The Balaban J connectivity index is 1.53. The molecular weight excluding hydrogens is 1010 g/mol. The van der Waals surface area contributed by atoms with Crippen molar-refractivity contribution in [2.45, 2.75) is 181 Å². The summed E-state index contributed by atoms with van der Waals surface area (Å²) in [5.41, 5.74) is 0.602. The Morgan fingerprint density at radius 2 is 1.44 bits per heavy atom. The average molecular weight is 1100 g/mol. The number of nitro benzene ring substituents is 1. The van der Waals surface area contributed by atoms with E-state index in [1.165, 1.54) is 41.8 Å². The maximum atomic E-state index is 15.5. The topological polar surface area (TPSA) is 267 Å². The number of nitrogens with zero attached hydrogens (tertiary/aromatic N) is 5. The molecule has 4 heterocycles. The maximum Gasteiger partial charge on any atom is 0.310 e. The summed E-state index contributed by atoms with van der Waals surface area (Å²) in [6.45, 7) is 19.6. The Hall–Kier alpha value is -6.87. The number of piperidine rings is 1. The molecule has 3 saturated heterocycles. The minimum atomic E-state index is -1.51. The highest BCUT2D eigenvalue weighted by Crippen LogP contribution is 2.37. The first-order valence-corrected chi connectivity index (χ1v) is 27.8. The number of hydrogen-bond acceptors (Lipinski definition) is 12. The first kappa shape index (κ1) is 61.3. The first-order chi connectivity index (χ1) is 37.3. The maximum absolute atomic E-state index is 15.5. The van der Waals surface area contributed by atoms with E-state index in [0.29, 0.717) is 18.6 Å². The van der Waals surface area contributed by atoms with Gasteiger partial charge >= 0.3 is 5.69 Å². The number of carbonyl (C=O) groups excluding carboxylic acids is 7. The fraction of sp³-hybridized carbons (Fsp3) is 0.603. The fourth-order valence-electron chi connectivity index (χ4n) is 10.8. The van der Waals surface area contributed by atoms with Crippen LogP contribution < -0.4 is 21.3 Å². The summed E-state index contributed by atoms with van der Waals surface area (Å²) < 4.78 is 14.3. The van der Waals surface area contributed by atoms with E-state index in [2.05, 4.69) is 39.7 Å². The number of rotatable bonds is 17. The number of hydrogen-bond donors (Lipinski definition) is 5. The molecule has 3 fully saturated rings. The summed E-state index contributed by atoms with van der Waals surface area (Å²) in [4.78, 5) is 120. The third-order valence-corrected chi connectivity index (χ3v) is 15.5. The lowest BCUT2D eigenvalue weighted by molar-refractivity contribution is -0.385. The summed E-state index contributed by atoms with van der Waals surface area (Å²) in [6, 6.07) is 2.19. The molecule has 0 aliphatic carbocycles. The molecule has 0 radical (unpaired) electrons. The van der Waals surface area contributed by atoms with Crippen LogP contribution in [0.25, 0.3) is 10.9 Å². The van der Waals surface area contributed by atoms with Gasteiger partial charge in [0.05, 0.1) is 17.1 Å². The van der Waals surface area contributed by atoms with Crippen LogP contribution in [0.1, 0.15) is 119 Å². The summed E-state index contributed by atoms with van der Waals surface area (Å²) >= 11 is 0. The zero-order valence-electron chi connectivity index (χ0n) is 47.9. The van der Waals surface area contributed by atoms with Crippen molar-refractivity contribution in [2.75, 3.05) is 27.3 Å². The molecule has 1 aromatic heterocycles. The molecule has 10 atom stereocenters. The van der Waals surface area contributed by atoms with E-state index >= 15 is 19.2 Å². The highest BCUT2D eigenvalue weighted by Gasteiger charge is 2.49. The lowest BCUT2D eigenvalue weighted by Crippen LogP contribution is -2.67. The van der Waals surface area contributed by atoms with Gasteiger partial charge in [-0.2, -0.15) is 0 Å². The van der Waals surface area contributed by atoms with Crippen molar-refractivity contribution in [3.63, 3.8) is 0 Å². The van der Waals surface area contributed by atoms with Crippen LogP contribution in [0, 0.1) is 27.9 Å². The van der Waals surface area contributed by atoms with Gasteiger partial charge in [-0.25, -0.2) is 0 Å². The predicted molar refractivity (Wildman–Crippen MR) is 297 cm³/mol. The highest BCUT2D eigenvalue weighted by atomic mass is 16.6. The van der Waals surface area contributed by atoms with E-state index in [1.807, 2.05) is 72.0 Å². The number of phenols is 1. The van der Waals surface area contributed by atoms with Crippen molar-refractivity contribution >= 4 is 57.9 Å². The molecule has 3 aliphatic rings. The van der Waals surface area contributed by atoms with Crippen LogP contribution >= 0.6 is 0 Å². The molecule has 3 aliphatic heterocycles. The van der Waals surface area contributed by atoms with Crippen molar-refractivity contribution in [3.8, 4) is 5.75 Å². The number of unbranched alkanes of at least 4 members (excludes halogenated alkanes) is 1. The quantitative estimate of drug-likeness (QED) is 0.0382. The molecule has 79 heavy (non-hydrogen) atoms. The van der Waals surface area contributed by atoms with Crippen LogP contribution in [-0.4, -0.2) is 153 Å². The van der Waals surface area contributed by atoms with Crippen LogP contribution in [0.15, 0.2) is 60.8 Å². The van der Waals surface area contributed by atoms with E-state index < -0.39 is 118 Å². The number of ether oxygens (including phenoxy) is 2. The number of carbonyl (C=O) groups is 7.